The fourth-order valence-corrected chi connectivity index (χ4v) is 3.10. The Kier molecular flexibility index (Phi) is 7.28. The second-order valence-corrected chi connectivity index (χ2v) is 7.00. The van der Waals surface area contributed by atoms with Crippen molar-refractivity contribution in [3.8, 4) is 0 Å². The minimum atomic E-state index is -0.501. The number of nitrogens with zero attached hydrogens (tertiary/aromatic N) is 1. The number of carbonyl (C=O) groups excluding carboxylic acids is 2. The van der Waals surface area contributed by atoms with Gasteiger partial charge in [0.1, 0.15) is 13.2 Å². The van der Waals surface area contributed by atoms with Crippen molar-refractivity contribution in [2.24, 2.45) is 0 Å². The molecule has 29 heavy (non-hydrogen) atoms. The van der Waals surface area contributed by atoms with E-state index in [1.165, 1.54) is 0 Å². The molecule has 0 spiro atoms. The molecule has 6 nitrogen and oxygen atoms in total. The number of alkyl carbamates (subject to hydrolysis) is 1. The molecule has 0 radical (unpaired) electrons. The highest BCUT2D eigenvalue weighted by molar-refractivity contribution is 5.70. The molecule has 2 amide bonds. The van der Waals surface area contributed by atoms with Crippen LogP contribution in [0.15, 0.2) is 72.8 Å². The molecule has 1 aliphatic rings. The summed E-state index contributed by atoms with van der Waals surface area (Å²) in [6.07, 6.45) is 3.63. The van der Waals surface area contributed by atoms with Crippen molar-refractivity contribution in [1.82, 2.24) is 10.2 Å². The number of nitrogens with one attached hydrogen (secondary N) is 1. The van der Waals surface area contributed by atoms with Gasteiger partial charge < -0.3 is 14.8 Å². The van der Waals surface area contributed by atoms with E-state index < -0.39 is 12.2 Å². The van der Waals surface area contributed by atoms with Crippen molar-refractivity contribution in [3.63, 3.8) is 0 Å². The van der Waals surface area contributed by atoms with Crippen LogP contribution in [0.1, 0.15) is 24.5 Å². The van der Waals surface area contributed by atoms with Crippen LogP contribution in [0, 0.1) is 0 Å². The van der Waals surface area contributed by atoms with Crippen molar-refractivity contribution in [2.75, 3.05) is 6.54 Å². The van der Waals surface area contributed by atoms with Gasteiger partial charge in [0.15, 0.2) is 0 Å². The van der Waals surface area contributed by atoms with E-state index in [0.29, 0.717) is 13.0 Å². The van der Waals surface area contributed by atoms with Gasteiger partial charge in [-0.3, -0.25) is 4.90 Å². The summed E-state index contributed by atoms with van der Waals surface area (Å²) in [5.74, 6) is 0. The van der Waals surface area contributed by atoms with Crippen molar-refractivity contribution in [1.29, 1.82) is 0 Å². The maximum absolute atomic E-state index is 12.6. The third-order valence-corrected chi connectivity index (χ3v) is 4.72. The Balaban J connectivity index is 1.51. The van der Waals surface area contributed by atoms with Gasteiger partial charge in [0, 0.05) is 6.54 Å². The molecule has 6 heteroatoms. The lowest BCUT2D eigenvalue weighted by Gasteiger charge is -2.28. The van der Waals surface area contributed by atoms with Gasteiger partial charge in [-0.1, -0.05) is 72.8 Å². The topological polar surface area (TPSA) is 67.9 Å². The highest BCUT2D eigenvalue weighted by Crippen LogP contribution is 2.14. The summed E-state index contributed by atoms with van der Waals surface area (Å²) in [7, 11) is 0. The van der Waals surface area contributed by atoms with E-state index in [-0.39, 0.29) is 25.3 Å². The van der Waals surface area contributed by atoms with Crippen LogP contribution in [0.3, 0.4) is 0 Å². The Labute approximate surface area is 171 Å². The molecule has 2 atom stereocenters. The Morgan fingerprint density at radius 2 is 1.55 bits per heavy atom. The van der Waals surface area contributed by atoms with Gasteiger partial charge in [-0.25, -0.2) is 9.59 Å². The van der Waals surface area contributed by atoms with Gasteiger partial charge in [0.25, 0.3) is 0 Å². The Bertz CT molecular complexity index is 823. The van der Waals surface area contributed by atoms with E-state index in [4.69, 9.17) is 9.47 Å². The van der Waals surface area contributed by atoms with Crippen molar-refractivity contribution < 1.29 is 19.1 Å². The minimum absolute atomic E-state index is 0.120. The average molecular weight is 394 g/mol. The van der Waals surface area contributed by atoms with Crippen LogP contribution in [0.4, 0.5) is 9.59 Å². The van der Waals surface area contributed by atoms with E-state index >= 15 is 0 Å². The van der Waals surface area contributed by atoms with Crippen molar-refractivity contribution >= 4 is 12.2 Å². The molecular weight excluding hydrogens is 368 g/mol. The Morgan fingerprint density at radius 1 is 0.966 bits per heavy atom. The summed E-state index contributed by atoms with van der Waals surface area (Å²) in [5.41, 5.74) is 1.85. The first-order valence-electron chi connectivity index (χ1n) is 9.73. The zero-order chi connectivity index (χ0) is 20.5. The molecule has 2 aromatic carbocycles. The standard InChI is InChI=1S/C23H26N2O4/c1-18-9-8-14-21(24-22(26)28-16-19-10-4-2-5-11-19)15-25(18)23(27)29-17-20-12-6-3-7-13-20/h2-13,18,21H,14-17H2,1H3,(H,24,26)/t18-,21?/m1/s1. The second kappa shape index (κ2) is 10.3. The maximum Gasteiger partial charge on any atom is 0.410 e. The highest BCUT2D eigenvalue weighted by Gasteiger charge is 2.26. The molecule has 1 aliphatic heterocycles. The van der Waals surface area contributed by atoms with Gasteiger partial charge in [-0.05, 0) is 24.5 Å². The summed E-state index contributed by atoms with van der Waals surface area (Å²) < 4.78 is 10.8. The van der Waals surface area contributed by atoms with Crippen LogP contribution in [-0.2, 0) is 22.7 Å². The average Bonchev–Trinajstić information content (AvgIpc) is 2.93. The normalized spacial score (nSPS) is 18.6. The van der Waals surface area contributed by atoms with Gasteiger partial charge >= 0.3 is 12.2 Å². The molecule has 0 fully saturated rings. The predicted octanol–water partition coefficient (Wildman–Crippen LogP) is 4.27. The van der Waals surface area contributed by atoms with Gasteiger partial charge in [-0.15, -0.1) is 0 Å². The molecule has 0 bridgehead atoms. The summed E-state index contributed by atoms with van der Waals surface area (Å²) >= 11 is 0. The van der Waals surface area contributed by atoms with E-state index in [9.17, 15) is 9.59 Å². The highest BCUT2D eigenvalue weighted by atomic mass is 16.6. The molecule has 1 N–H and O–H groups in total. The Hall–Kier alpha value is -3.28. The first kappa shape index (κ1) is 20.5. The van der Waals surface area contributed by atoms with E-state index in [2.05, 4.69) is 5.32 Å². The van der Waals surface area contributed by atoms with Crippen LogP contribution in [-0.4, -0.2) is 35.7 Å². The number of carbonyl (C=O) groups is 2. The van der Waals surface area contributed by atoms with Crippen LogP contribution in [0.2, 0.25) is 0 Å². The fraction of sp³-hybridized carbons (Fsp3) is 0.304. The number of benzene rings is 2. The lowest BCUT2D eigenvalue weighted by molar-refractivity contribution is 0.0848. The fourth-order valence-electron chi connectivity index (χ4n) is 3.10. The van der Waals surface area contributed by atoms with E-state index in [1.807, 2.05) is 79.7 Å². The number of rotatable bonds is 5. The number of hydrogen-bond donors (Lipinski definition) is 1. The van der Waals surface area contributed by atoms with Crippen LogP contribution < -0.4 is 5.32 Å². The molecule has 152 valence electrons. The van der Waals surface area contributed by atoms with Crippen LogP contribution in [0.25, 0.3) is 0 Å². The summed E-state index contributed by atoms with van der Waals surface area (Å²) in [6.45, 7) is 2.69. The quantitative estimate of drug-likeness (QED) is 0.769. The van der Waals surface area contributed by atoms with E-state index in [1.54, 1.807) is 4.90 Å². The molecule has 3 rings (SSSR count). The van der Waals surface area contributed by atoms with Crippen molar-refractivity contribution in [2.45, 2.75) is 38.6 Å². The molecular formula is C23H26N2O4. The smallest absolute Gasteiger partial charge is 0.410 e. The molecule has 0 saturated carbocycles. The number of hydrogen-bond acceptors (Lipinski definition) is 4. The molecule has 0 aromatic heterocycles. The first-order chi connectivity index (χ1) is 14.1. The van der Waals surface area contributed by atoms with Gasteiger partial charge in [-0.2, -0.15) is 0 Å². The zero-order valence-electron chi connectivity index (χ0n) is 16.5. The monoisotopic (exact) mass is 394 g/mol. The van der Waals surface area contributed by atoms with Gasteiger partial charge in [0.05, 0.1) is 12.1 Å². The molecule has 1 heterocycles. The number of ether oxygens (including phenoxy) is 2. The largest absolute Gasteiger partial charge is 0.445 e. The first-order valence-corrected chi connectivity index (χ1v) is 9.73. The Morgan fingerprint density at radius 3 is 2.17 bits per heavy atom. The molecule has 1 unspecified atom stereocenters. The zero-order valence-corrected chi connectivity index (χ0v) is 16.5. The van der Waals surface area contributed by atoms with Crippen LogP contribution in [0.5, 0.6) is 0 Å². The molecule has 0 aliphatic carbocycles. The molecule has 0 saturated heterocycles. The van der Waals surface area contributed by atoms with Crippen molar-refractivity contribution in [3.05, 3.63) is 83.9 Å². The SMILES string of the molecule is C[C@@H]1C=CCC(NC(=O)OCc2ccccc2)CN1C(=O)OCc1ccccc1. The number of amides is 2. The summed E-state index contributed by atoms with van der Waals surface area (Å²) in [5, 5.41) is 2.85. The molecule has 2 aromatic rings. The lowest BCUT2D eigenvalue weighted by atomic mass is 10.2. The van der Waals surface area contributed by atoms with Crippen LogP contribution >= 0.6 is 0 Å². The summed E-state index contributed by atoms with van der Waals surface area (Å²) in [6, 6.07) is 18.7. The lowest BCUT2D eigenvalue weighted by Crippen LogP contribution is -2.47. The summed E-state index contributed by atoms with van der Waals surface area (Å²) in [4.78, 5) is 26.4. The van der Waals surface area contributed by atoms with Gasteiger partial charge in [0.2, 0.25) is 0 Å². The van der Waals surface area contributed by atoms with E-state index in [0.717, 1.165) is 11.1 Å². The third kappa shape index (κ3) is 6.38. The minimum Gasteiger partial charge on any atom is -0.445 e. The second-order valence-electron chi connectivity index (χ2n) is 7.00. The predicted molar refractivity (Wildman–Crippen MR) is 110 cm³/mol. The maximum atomic E-state index is 12.6. The third-order valence-electron chi connectivity index (χ3n) is 4.72.